The van der Waals surface area contributed by atoms with Crippen LogP contribution in [0.25, 0.3) is 22.0 Å². The molecule has 1 aliphatic carbocycles. The fourth-order valence-electron chi connectivity index (χ4n) is 9.07. The molecule has 0 amide bonds. The van der Waals surface area contributed by atoms with Crippen molar-refractivity contribution in [2.24, 2.45) is 5.41 Å². The van der Waals surface area contributed by atoms with Crippen LogP contribution in [0, 0.1) is 5.41 Å². The molecular formula is C60H81N5O. The van der Waals surface area contributed by atoms with Crippen LogP contribution in [-0.4, -0.2) is 42.5 Å². The first-order chi connectivity index (χ1) is 30.9. The Balaban J connectivity index is 0.000000136. The minimum absolute atomic E-state index is 0.0482. The Kier molecular flexibility index (Phi) is 15.6. The monoisotopic (exact) mass is 888 g/mol. The largest absolute Gasteiger partial charge is 0.356 e. The molecule has 1 N–H and O–H groups in total. The molecule has 7 aromatic rings. The summed E-state index contributed by atoms with van der Waals surface area (Å²) in [6, 6.07) is 42.5. The molecule has 1 atom stereocenters. The molecule has 0 spiro atoms. The third kappa shape index (κ3) is 13.1. The molecule has 4 heterocycles. The number of benzene rings is 5. The Hall–Kier alpha value is -5.04. The molecule has 2 aromatic heterocycles. The number of aromatic amines is 1. The van der Waals surface area contributed by atoms with Crippen molar-refractivity contribution in [1.29, 1.82) is 0 Å². The lowest BCUT2D eigenvalue weighted by Gasteiger charge is -2.39. The second-order valence-electron chi connectivity index (χ2n) is 23.7. The fourth-order valence-corrected chi connectivity index (χ4v) is 9.07. The number of nitrogens with zero attached hydrogens (tertiary/aromatic N) is 4. The summed E-state index contributed by atoms with van der Waals surface area (Å²) in [6.07, 6.45) is 3.81. The fraction of sp³-hybridized carbons (Fsp3) is 0.467. The Morgan fingerprint density at radius 1 is 0.515 bits per heavy atom. The van der Waals surface area contributed by atoms with Crippen LogP contribution >= 0.6 is 0 Å². The molecule has 6 heteroatoms. The van der Waals surface area contributed by atoms with E-state index < -0.39 is 0 Å². The summed E-state index contributed by atoms with van der Waals surface area (Å²) >= 11 is 0. The summed E-state index contributed by atoms with van der Waals surface area (Å²) in [6.45, 7) is 38.2. The van der Waals surface area contributed by atoms with Crippen molar-refractivity contribution in [1.82, 2.24) is 24.9 Å². The summed E-state index contributed by atoms with van der Waals surface area (Å²) in [7, 11) is 0. The first-order valence-corrected chi connectivity index (χ1v) is 24.4. The number of para-hydroxylation sites is 3. The van der Waals surface area contributed by atoms with Crippen LogP contribution in [0.15, 0.2) is 126 Å². The molecule has 1 unspecified atom stereocenters. The van der Waals surface area contributed by atoms with Crippen molar-refractivity contribution < 1.29 is 4.52 Å². The summed E-state index contributed by atoms with van der Waals surface area (Å²) in [5, 5.41) is 5.21. The van der Waals surface area contributed by atoms with E-state index >= 15 is 0 Å². The van der Waals surface area contributed by atoms with Gasteiger partial charge in [-0.2, -0.15) is 0 Å². The van der Waals surface area contributed by atoms with Gasteiger partial charge in [-0.25, -0.2) is 4.98 Å². The number of hydrogen-bond acceptors (Lipinski definition) is 5. The highest BCUT2D eigenvalue weighted by atomic mass is 16.5. The summed E-state index contributed by atoms with van der Waals surface area (Å²) in [4.78, 5) is 12.9. The van der Waals surface area contributed by atoms with Gasteiger partial charge in [0.2, 0.25) is 0 Å². The zero-order chi connectivity index (χ0) is 48.1. The summed E-state index contributed by atoms with van der Waals surface area (Å²) in [5.74, 6) is 1.82. The number of hydrogen-bond donors (Lipinski definition) is 1. The van der Waals surface area contributed by atoms with Crippen molar-refractivity contribution in [2.45, 2.75) is 171 Å². The predicted octanol–water partition coefficient (Wildman–Crippen LogP) is 15.4. The van der Waals surface area contributed by atoms with Crippen molar-refractivity contribution in [3.63, 3.8) is 0 Å². The zero-order valence-corrected chi connectivity index (χ0v) is 43.3. The molecule has 2 aliphatic heterocycles. The van der Waals surface area contributed by atoms with Crippen LogP contribution in [0.1, 0.15) is 161 Å². The topological polar surface area (TPSA) is 61.2 Å². The van der Waals surface area contributed by atoms with E-state index in [-0.39, 0.29) is 10.8 Å². The predicted molar refractivity (Wildman–Crippen MR) is 280 cm³/mol. The number of aromatic nitrogens is 3. The molecule has 0 saturated heterocycles. The quantitative estimate of drug-likeness (QED) is 0.164. The molecular weight excluding hydrogens is 807 g/mol. The number of rotatable bonds is 0. The first kappa shape index (κ1) is 50.4. The van der Waals surface area contributed by atoms with Crippen molar-refractivity contribution in [3.05, 3.63) is 166 Å². The van der Waals surface area contributed by atoms with E-state index in [4.69, 9.17) is 4.52 Å². The molecule has 352 valence electrons. The third-order valence-corrected chi connectivity index (χ3v) is 13.2. The van der Waals surface area contributed by atoms with Crippen LogP contribution in [0.4, 0.5) is 0 Å². The second-order valence-corrected chi connectivity index (χ2v) is 23.7. The number of fused-ring (bicyclic) bond motifs is 5. The van der Waals surface area contributed by atoms with Gasteiger partial charge in [0.25, 0.3) is 0 Å². The van der Waals surface area contributed by atoms with Crippen LogP contribution < -0.4 is 0 Å². The van der Waals surface area contributed by atoms with E-state index in [0.29, 0.717) is 16.5 Å². The van der Waals surface area contributed by atoms with Gasteiger partial charge in [-0.15, -0.1) is 0 Å². The number of nitrogens with one attached hydrogen (secondary N) is 1. The van der Waals surface area contributed by atoms with Crippen LogP contribution in [0.5, 0.6) is 0 Å². The third-order valence-electron chi connectivity index (χ3n) is 13.2. The summed E-state index contributed by atoms with van der Waals surface area (Å²) < 4.78 is 5.23. The maximum Gasteiger partial charge on any atom is 0.167 e. The van der Waals surface area contributed by atoms with Crippen LogP contribution in [0.3, 0.4) is 0 Å². The lowest BCUT2D eigenvalue weighted by Crippen LogP contribution is -2.44. The van der Waals surface area contributed by atoms with Gasteiger partial charge in [-0.3, -0.25) is 9.80 Å². The molecule has 6 nitrogen and oxygen atoms in total. The molecule has 3 aliphatic rings. The van der Waals surface area contributed by atoms with E-state index in [1.54, 1.807) is 11.1 Å². The van der Waals surface area contributed by atoms with Gasteiger partial charge < -0.3 is 9.51 Å². The number of aryl methyl sites for hydroxylation is 1. The number of H-pyrrole nitrogens is 1. The molecule has 0 bridgehead atoms. The first-order valence-electron chi connectivity index (χ1n) is 24.4. The zero-order valence-electron chi connectivity index (χ0n) is 43.3. The van der Waals surface area contributed by atoms with Crippen molar-refractivity contribution in [3.8, 4) is 0 Å². The van der Waals surface area contributed by atoms with Gasteiger partial charge in [0.05, 0.1) is 16.7 Å². The van der Waals surface area contributed by atoms with E-state index in [9.17, 15) is 0 Å². The highest BCUT2D eigenvalue weighted by Gasteiger charge is 2.32. The normalized spacial score (nSPS) is 16.3. The van der Waals surface area contributed by atoms with Crippen LogP contribution in [0.2, 0.25) is 0 Å². The Morgan fingerprint density at radius 3 is 1.58 bits per heavy atom. The smallest absolute Gasteiger partial charge is 0.167 e. The van der Waals surface area contributed by atoms with Crippen molar-refractivity contribution in [2.75, 3.05) is 6.54 Å². The van der Waals surface area contributed by atoms with Gasteiger partial charge in [0.15, 0.2) is 5.58 Å². The summed E-state index contributed by atoms with van der Waals surface area (Å²) in [5.41, 5.74) is 14.4. The van der Waals surface area contributed by atoms with E-state index in [2.05, 4.69) is 208 Å². The maximum absolute atomic E-state index is 5.23. The average Bonchev–Trinajstić information content (AvgIpc) is 4.08. The minimum atomic E-state index is 0.0482. The molecule has 0 fully saturated rings. The minimum Gasteiger partial charge on any atom is -0.356 e. The van der Waals surface area contributed by atoms with Crippen molar-refractivity contribution >= 4 is 22.0 Å². The van der Waals surface area contributed by atoms with E-state index in [0.717, 1.165) is 59.1 Å². The van der Waals surface area contributed by atoms with Gasteiger partial charge in [-0.1, -0.05) is 165 Å². The van der Waals surface area contributed by atoms with Crippen LogP contribution in [-0.2, 0) is 43.3 Å². The Bertz CT molecular complexity index is 2560. The van der Waals surface area contributed by atoms with Gasteiger partial charge in [0.1, 0.15) is 5.82 Å². The molecule has 10 rings (SSSR count). The van der Waals surface area contributed by atoms with Gasteiger partial charge >= 0.3 is 0 Å². The van der Waals surface area contributed by atoms with Gasteiger partial charge in [0, 0.05) is 53.5 Å². The molecule has 66 heavy (non-hydrogen) atoms. The van der Waals surface area contributed by atoms with E-state index in [1.165, 1.54) is 48.1 Å². The SMILES string of the molecule is CC(C)(C)C1CCc2ccccc21.CC(C)(C)N1CCc2ccccc2C1.CC(C)(C)N1Cc2ccccc2C1.CC(C)(C)c1nc2ccccc2[nH]1.CC(C)(C)c1noc2ccccc12. The highest BCUT2D eigenvalue weighted by Crippen LogP contribution is 2.44. The standard InChI is InChI=1S/C13H19N.C13H18.C12H17N.C11H14N2.C11H13NO/c1-13(2,3)14-9-8-11-6-4-5-7-12(11)10-14;1-13(2,3)12-9-8-10-6-4-5-7-11(10)12;1-12(2,3)13-8-10-6-4-5-7-11(10)9-13;1-11(2,3)10-12-8-6-4-5-7-9(8)13-10;1-11(2,3)10-8-6-4-5-7-9(8)13-12-10/h4-7H,8-10H2,1-3H3;4-7,12H,8-9H2,1-3H3;4-7H,8-9H2,1-3H3;4-7H,1-3H3,(H,12,13);4-7H,1-3H3. The highest BCUT2D eigenvalue weighted by molar-refractivity contribution is 5.80. The van der Waals surface area contributed by atoms with Gasteiger partial charge in [-0.05, 0) is 130 Å². The maximum atomic E-state index is 5.23. The molecule has 5 aromatic carbocycles. The lowest BCUT2D eigenvalue weighted by molar-refractivity contribution is 0.121. The Labute approximate surface area is 398 Å². The Morgan fingerprint density at radius 2 is 1.02 bits per heavy atom. The molecule has 0 saturated carbocycles. The second kappa shape index (κ2) is 20.4. The number of imidazole rings is 1. The molecule has 0 radical (unpaired) electrons. The van der Waals surface area contributed by atoms with E-state index in [1.807, 2.05) is 42.5 Å². The average molecular weight is 888 g/mol. The lowest BCUT2D eigenvalue weighted by atomic mass is 9.77.